The minimum Gasteiger partial charge on any atom is -0.452 e. The number of hydrogen-bond acceptors (Lipinski definition) is 7. The largest absolute Gasteiger partial charge is 0.452 e. The number of halogens is 8. The van der Waals surface area contributed by atoms with E-state index in [1.807, 2.05) is 0 Å². The van der Waals surface area contributed by atoms with Gasteiger partial charge in [0.25, 0.3) is 11.8 Å². The van der Waals surface area contributed by atoms with Gasteiger partial charge in [-0.3, -0.25) is 9.36 Å². The molecule has 1 aromatic heterocycles. The minimum absolute atomic E-state index is 0.0991. The topological polar surface area (TPSA) is 98.0 Å². The Bertz CT molecular complexity index is 1530. The van der Waals surface area contributed by atoms with Gasteiger partial charge in [-0.2, -0.15) is 26.3 Å². The average molecular weight is 601 g/mol. The number of para-hydroxylation sites is 2. The molecule has 1 atom stereocenters. The van der Waals surface area contributed by atoms with Crippen molar-refractivity contribution in [2.24, 2.45) is 7.05 Å². The molecule has 0 fully saturated rings. The van der Waals surface area contributed by atoms with E-state index in [0.29, 0.717) is 6.07 Å². The highest BCUT2D eigenvalue weighted by Crippen LogP contribution is 2.37. The quantitative estimate of drug-likeness (QED) is 0.212. The second-order valence-electron chi connectivity index (χ2n) is 7.73. The second kappa shape index (κ2) is 11.6. The van der Waals surface area contributed by atoms with Crippen LogP contribution in [0.15, 0.2) is 52.1 Å². The third-order valence-electron chi connectivity index (χ3n) is 4.94. The summed E-state index contributed by atoms with van der Waals surface area (Å²) in [6, 6.07) is 6.65. The molecule has 0 amide bonds. The number of carbonyl (C=O) groups excluding carboxylic acids is 1. The van der Waals surface area contributed by atoms with Gasteiger partial charge in [0.1, 0.15) is 17.3 Å². The van der Waals surface area contributed by atoms with Crippen molar-refractivity contribution >= 4 is 17.6 Å². The molecule has 216 valence electrons. The molecule has 0 aliphatic rings. The number of aromatic nitrogens is 2. The van der Waals surface area contributed by atoms with E-state index in [-0.39, 0.29) is 26.7 Å². The van der Waals surface area contributed by atoms with Gasteiger partial charge in [-0.25, -0.2) is 18.5 Å². The fraction of sp³-hybridized carbons (Fsp3) is 0.261. The van der Waals surface area contributed by atoms with Gasteiger partial charge in [0.05, 0.1) is 10.7 Å². The Kier molecular flexibility index (Phi) is 8.84. The monoisotopic (exact) mass is 600 g/mol. The van der Waals surface area contributed by atoms with Crippen LogP contribution in [0.25, 0.3) is 5.69 Å². The van der Waals surface area contributed by atoms with E-state index in [1.165, 1.54) is 24.3 Å². The van der Waals surface area contributed by atoms with Crippen molar-refractivity contribution in [3.8, 4) is 22.9 Å². The van der Waals surface area contributed by atoms with Crippen molar-refractivity contribution in [3.63, 3.8) is 0 Å². The van der Waals surface area contributed by atoms with E-state index in [1.54, 1.807) is 0 Å². The predicted molar refractivity (Wildman–Crippen MR) is 122 cm³/mol. The highest BCUT2D eigenvalue weighted by Gasteiger charge is 2.35. The number of rotatable bonds is 8. The number of alkyl halides is 6. The van der Waals surface area contributed by atoms with Gasteiger partial charge in [-0.15, -0.1) is 0 Å². The molecule has 0 saturated heterocycles. The lowest BCUT2D eigenvalue weighted by Gasteiger charge is -2.19. The van der Waals surface area contributed by atoms with Crippen molar-refractivity contribution < 1.29 is 54.5 Å². The summed E-state index contributed by atoms with van der Waals surface area (Å²) in [4.78, 5) is 37.0. The van der Waals surface area contributed by atoms with Crippen LogP contribution in [0.1, 0.15) is 5.69 Å². The highest BCUT2D eigenvalue weighted by molar-refractivity contribution is 6.32. The summed E-state index contributed by atoms with van der Waals surface area (Å²) >= 11 is 6.02. The van der Waals surface area contributed by atoms with E-state index in [0.717, 1.165) is 20.2 Å². The summed E-state index contributed by atoms with van der Waals surface area (Å²) in [5, 5.41) is -0.430. The van der Waals surface area contributed by atoms with Crippen LogP contribution in [-0.4, -0.2) is 41.3 Å². The molecule has 0 saturated carbocycles. The fourth-order valence-electron chi connectivity index (χ4n) is 3.17. The number of hydrogen-bond donors (Lipinski definition) is 0. The summed E-state index contributed by atoms with van der Waals surface area (Å²) in [6.45, 7) is -1.91. The van der Waals surface area contributed by atoms with E-state index < -0.39 is 70.4 Å². The number of methoxy groups -OCH3 is 1. The Hall–Kier alpha value is -4.05. The molecule has 3 aromatic rings. The van der Waals surface area contributed by atoms with Crippen LogP contribution in [0.4, 0.5) is 30.7 Å². The number of ether oxygens (including phenoxy) is 4. The molecule has 0 spiro atoms. The van der Waals surface area contributed by atoms with Crippen molar-refractivity contribution in [3.05, 3.63) is 79.8 Å². The average Bonchev–Trinajstić information content (AvgIpc) is 2.85. The Morgan fingerprint density at radius 3 is 2.20 bits per heavy atom. The van der Waals surface area contributed by atoms with Crippen molar-refractivity contribution in [2.75, 3.05) is 13.7 Å². The molecule has 1 heterocycles. The Labute approximate surface area is 223 Å². The maximum atomic E-state index is 14.8. The second-order valence-corrected chi connectivity index (χ2v) is 8.14. The molecule has 9 nitrogen and oxygen atoms in total. The zero-order chi connectivity index (χ0) is 30.0. The molecular formula is C23H16ClF7N2O7. The molecule has 40 heavy (non-hydrogen) atoms. The van der Waals surface area contributed by atoms with Crippen LogP contribution in [0.2, 0.25) is 5.02 Å². The summed E-state index contributed by atoms with van der Waals surface area (Å²) in [7, 11) is 1.67. The molecule has 1 unspecified atom stereocenters. The minimum atomic E-state index is -5.05. The number of esters is 1. The molecule has 3 rings (SSSR count). The fourth-order valence-corrected chi connectivity index (χ4v) is 3.36. The maximum absolute atomic E-state index is 14.8. The Morgan fingerprint density at radius 2 is 1.62 bits per heavy atom. The van der Waals surface area contributed by atoms with Gasteiger partial charge < -0.3 is 18.9 Å². The van der Waals surface area contributed by atoms with Crippen LogP contribution in [0.3, 0.4) is 0 Å². The first kappa shape index (κ1) is 30.5. The lowest BCUT2D eigenvalue weighted by molar-refractivity contribution is -0.203. The van der Waals surface area contributed by atoms with E-state index >= 15 is 0 Å². The van der Waals surface area contributed by atoms with Gasteiger partial charge in [0.15, 0.2) is 18.1 Å². The summed E-state index contributed by atoms with van der Waals surface area (Å²) in [5.41, 5.74) is -5.43. The summed E-state index contributed by atoms with van der Waals surface area (Å²) in [5.74, 6) is -3.80. The number of carbonyl (C=O) groups is 1. The van der Waals surface area contributed by atoms with Gasteiger partial charge in [-0.1, -0.05) is 23.7 Å². The van der Waals surface area contributed by atoms with Crippen molar-refractivity contribution in [2.45, 2.75) is 18.6 Å². The Balaban J connectivity index is 2.00. The number of benzene rings is 2. The van der Waals surface area contributed by atoms with E-state index in [2.05, 4.69) is 4.74 Å². The highest BCUT2D eigenvalue weighted by atomic mass is 35.5. The van der Waals surface area contributed by atoms with Crippen LogP contribution in [0.5, 0.6) is 17.2 Å². The zero-order valence-electron chi connectivity index (χ0n) is 20.1. The van der Waals surface area contributed by atoms with E-state index in [9.17, 15) is 45.1 Å². The van der Waals surface area contributed by atoms with Crippen LogP contribution < -0.4 is 20.7 Å². The van der Waals surface area contributed by atoms with Gasteiger partial charge in [0, 0.05) is 26.3 Å². The zero-order valence-corrected chi connectivity index (χ0v) is 20.9. The van der Waals surface area contributed by atoms with Crippen LogP contribution in [-0.2, 0) is 27.5 Å². The van der Waals surface area contributed by atoms with E-state index in [4.69, 9.17) is 25.8 Å². The molecule has 0 aliphatic carbocycles. The smallest absolute Gasteiger partial charge is 0.431 e. The first-order chi connectivity index (χ1) is 18.5. The van der Waals surface area contributed by atoms with Gasteiger partial charge in [0.2, 0.25) is 0 Å². The molecule has 0 N–H and O–H groups in total. The third kappa shape index (κ3) is 6.93. The SMILES string of the molecule is COC(Oc1ccccc1Oc1cc(-n2c(=O)cc(C(F)(F)F)n(C)c2=O)c(F)cc1Cl)C(=O)OCC(F)(F)F. The molecular weight excluding hydrogens is 585 g/mol. The first-order valence-electron chi connectivity index (χ1n) is 10.6. The summed E-state index contributed by atoms with van der Waals surface area (Å²) < 4.78 is 111. The molecule has 0 aliphatic heterocycles. The van der Waals surface area contributed by atoms with Crippen LogP contribution in [0, 0.1) is 5.82 Å². The van der Waals surface area contributed by atoms with Gasteiger partial charge >= 0.3 is 24.0 Å². The normalized spacial score (nSPS) is 12.7. The summed E-state index contributed by atoms with van der Waals surface area (Å²) in [6.07, 6.45) is -11.9. The van der Waals surface area contributed by atoms with Gasteiger partial charge in [-0.05, 0) is 18.2 Å². The third-order valence-corrected chi connectivity index (χ3v) is 5.24. The lowest BCUT2D eigenvalue weighted by Crippen LogP contribution is -2.41. The molecule has 2 aromatic carbocycles. The standard InChI is InChI=1S/C23H16ClF7N2O7/c1-32-17(23(29,30)31)9-18(34)33(21(32)36)13-8-16(11(24)7-12(13)25)39-14-5-3-4-6-15(14)40-20(37-2)19(35)38-10-22(26,27)28/h3-9,20H,10H2,1-2H3. The Morgan fingerprint density at radius 1 is 1.00 bits per heavy atom. The predicted octanol–water partition coefficient (Wildman–Crippen LogP) is 4.60. The molecule has 0 bridgehead atoms. The molecule has 0 radical (unpaired) electrons. The lowest BCUT2D eigenvalue weighted by atomic mass is 10.2. The maximum Gasteiger partial charge on any atom is 0.431 e. The van der Waals surface area contributed by atoms with Crippen LogP contribution >= 0.6 is 11.6 Å². The van der Waals surface area contributed by atoms with Crippen molar-refractivity contribution in [1.82, 2.24) is 9.13 Å². The van der Waals surface area contributed by atoms with Crippen molar-refractivity contribution in [1.29, 1.82) is 0 Å². The molecule has 17 heteroatoms. The number of nitrogens with zero attached hydrogens (tertiary/aromatic N) is 2. The first-order valence-corrected chi connectivity index (χ1v) is 11.0.